The Bertz CT molecular complexity index is 1810. The van der Waals surface area contributed by atoms with Gasteiger partial charge in [0.05, 0.1) is 31.1 Å². The number of rotatable bonds is 5. The SMILES string of the molecule is COc1cc2nccc(Oc3ccc(NC(=S)NC(=O)N4c5ccccc5CCc5ccccc54)cc3C)c2cc1OC. The van der Waals surface area contributed by atoms with Gasteiger partial charge in [-0.1, -0.05) is 36.4 Å². The molecule has 1 aliphatic heterocycles. The van der Waals surface area contributed by atoms with E-state index >= 15 is 0 Å². The number of urea groups is 1. The number of methoxy groups -OCH3 is 2. The molecule has 0 aliphatic carbocycles. The van der Waals surface area contributed by atoms with Gasteiger partial charge in [-0.2, -0.15) is 0 Å². The highest BCUT2D eigenvalue weighted by molar-refractivity contribution is 7.80. The normalized spacial score (nSPS) is 12.0. The first kappa shape index (κ1) is 28.0. The van der Waals surface area contributed by atoms with Crippen LogP contribution in [0.25, 0.3) is 10.9 Å². The Kier molecular flexibility index (Phi) is 7.81. The van der Waals surface area contributed by atoms with Gasteiger partial charge in [0.25, 0.3) is 0 Å². The average molecular weight is 591 g/mol. The molecule has 2 heterocycles. The zero-order valence-corrected chi connectivity index (χ0v) is 24.8. The number of carbonyl (C=O) groups excluding carboxylic acids is 1. The molecular formula is C34H30N4O4S. The maximum Gasteiger partial charge on any atom is 0.332 e. The van der Waals surface area contributed by atoms with Crippen molar-refractivity contribution >= 4 is 51.3 Å². The first-order chi connectivity index (χ1) is 20.9. The minimum atomic E-state index is -0.326. The highest BCUT2D eigenvalue weighted by Crippen LogP contribution is 2.38. The summed E-state index contributed by atoms with van der Waals surface area (Å²) >= 11 is 5.56. The summed E-state index contributed by atoms with van der Waals surface area (Å²) in [5, 5.41) is 7.00. The van der Waals surface area contributed by atoms with E-state index in [1.54, 1.807) is 25.3 Å². The monoisotopic (exact) mass is 590 g/mol. The van der Waals surface area contributed by atoms with Crippen molar-refractivity contribution in [3.8, 4) is 23.0 Å². The summed E-state index contributed by atoms with van der Waals surface area (Å²) < 4.78 is 17.2. The van der Waals surface area contributed by atoms with Gasteiger partial charge in [0.15, 0.2) is 16.6 Å². The smallest absolute Gasteiger partial charge is 0.332 e. The third kappa shape index (κ3) is 5.67. The van der Waals surface area contributed by atoms with E-state index < -0.39 is 0 Å². The van der Waals surface area contributed by atoms with Crippen LogP contribution in [0.3, 0.4) is 0 Å². The van der Waals surface area contributed by atoms with E-state index in [1.807, 2.05) is 79.7 Å². The molecule has 0 atom stereocenters. The largest absolute Gasteiger partial charge is 0.493 e. The third-order valence-corrected chi connectivity index (χ3v) is 7.62. The molecule has 2 N–H and O–H groups in total. The number of hydrogen-bond donors (Lipinski definition) is 2. The highest BCUT2D eigenvalue weighted by atomic mass is 32.1. The number of para-hydroxylation sites is 2. The van der Waals surface area contributed by atoms with Crippen molar-refractivity contribution in [1.29, 1.82) is 0 Å². The summed E-state index contributed by atoms with van der Waals surface area (Å²) in [6.45, 7) is 1.94. The van der Waals surface area contributed by atoms with Gasteiger partial charge in [-0.25, -0.2) is 4.79 Å². The fourth-order valence-electron chi connectivity index (χ4n) is 5.31. The molecular weight excluding hydrogens is 560 g/mol. The van der Waals surface area contributed by atoms with Gasteiger partial charge in [0, 0.05) is 23.3 Å². The number of thiocarbonyl (C=S) groups is 1. The van der Waals surface area contributed by atoms with Crippen molar-refractivity contribution in [2.45, 2.75) is 19.8 Å². The lowest BCUT2D eigenvalue weighted by atomic mass is 10.0. The number of nitrogens with zero attached hydrogens (tertiary/aromatic N) is 2. The molecule has 6 rings (SSSR count). The quantitative estimate of drug-likeness (QED) is 0.203. The molecule has 4 aromatic carbocycles. The number of aromatic nitrogens is 1. The second kappa shape index (κ2) is 12.0. The number of carbonyl (C=O) groups is 1. The van der Waals surface area contributed by atoms with E-state index in [0.717, 1.165) is 57.5 Å². The van der Waals surface area contributed by atoms with Gasteiger partial charge in [-0.05, 0) is 91.1 Å². The molecule has 0 bridgehead atoms. The number of fused-ring (bicyclic) bond motifs is 3. The summed E-state index contributed by atoms with van der Waals surface area (Å²) in [6.07, 6.45) is 3.39. The molecule has 2 amide bonds. The molecule has 1 aromatic heterocycles. The number of benzene rings is 4. The molecule has 8 nitrogen and oxygen atoms in total. The van der Waals surface area contributed by atoms with E-state index in [0.29, 0.717) is 23.0 Å². The molecule has 5 aromatic rings. The molecule has 0 radical (unpaired) electrons. The number of ether oxygens (including phenoxy) is 3. The minimum absolute atomic E-state index is 0.193. The Balaban J connectivity index is 1.19. The van der Waals surface area contributed by atoms with E-state index in [4.69, 9.17) is 26.4 Å². The van der Waals surface area contributed by atoms with Gasteiger partial charge >= 0.3 is 6.03 Å². The molecule has 0 saturated carbocycles. The number of aryl methyl sites for hydroxylation is 3. The first-order valence-corrected chi connectivity index (χ1v) is 14.2. The number of pyridine rings is 1. The molecule has 216 valence electrons. The van der Waals surface area contributed by atoms with Crippen molar-refractivity contribution in [3.63, 3.8) is 0 Å². The maximum atomic E-state index is 13.6. The Hall–Kier alpha value is -5.15. The van der Waals surface area contributed by atoms with E-state index in [-0.39, 0.29) is 11.1 Å². The lowest BCUT2D eigenvalue weighted by Crippen LogP contribution is -2.42. The lowest BCUT2D eigenvalue weighted by Gasteiger charge is -2.25. The summed E-state index contributed by atoms with van der Waals surface area (Å²) in [5.74, 6) is 2.49. The summed E-state index contributed by atoms with van der Waals surface area (Å²) in [6, 6.07) is 26.7. The van der Waals surface area contributed by atoms with Crippen LogP contribution in [-0.2, 0) is 12.8 Å². The second-order valence-electron chi connectivity index (χ2n) is 10.1. The van der Waals surface area contributed by atoms with Crippen LogP contribution in [0.2, 0.25) is 0 Å². The fourth-order valence-corrected chi connectivity index (χ4v) is 5.52. The maximum absolute atomic E-state index is 13.6. The van der Waals surface area contributed by atoms with Crippen LogP contribution in [0, 0.1) is 6.92 Å². The Labute approximate surface area is 255 Å². The summed E-state index contributed by atoms with van der Waals surface area (Å²) in [5.41, 5.74) is 6.24. The minimum Gasteiger partial charge on any atom is -0.493 e. The number of anilines is 3. The zero-order valence-electron chi connectivity index (χ0n) is 24.0. The van der Waals surface area contributed by atoms with Gasteiger partial charge in [-0.15, -0.1) is 0 Å². The van der Waals surface area contributed by atoms with Crippen LogP contribution in [0.1, 0.15) is 16.7 Å². The lowest BCUT2D eigenvalue weighted by molar-refractivity contribution is 0.252. The molecule has 0 saturated heterocycles. The highest BCUT2D eigenvalue weighted by Gasteiger charge is 2.26. The van der Waals surface area contributed by atoms with E-state index in [2.05, 4.69) is 27.8 Å². The van der Waals surface area contributed by atoms with Crippen LogP contribution in [-0.4, -0.2) is 30.3 Å². The fraction of sp³-hybridized carbons (Fsp3) is 0.147. The average Bonchev–Trinajstić information content (AvgIpc) is 3.18. The van der Waals surface area contributed by atoms with Crippen molar-refractivity contribution < 1.29 is 19.0 Å². The summed E-state index contributed by atoms with van der Waals surface area (Å²) in [7, 11) is 3.18. The Morgan fingerprint density at radius 1 is 0.814 bits per heavy atom. The van der Waals surface area contributed by atoms with E-state index in [1.165, 1.54) is 0 Å². The van der Waals surface area contributed by atoms with Crippen molar-refractivity contribution in [2.75, 3.05) is 24.4 Å². The van der Waals surface area contributed by atoms with Crippen LogP contribution >= 0.6 is 12.2 Å². The van der Waals surface area contributed by atoms with Gasteiger partial charge in [0.1, 0.15) is 11.5 Å². The Morgan fingerprint density at radius 3 is 2.12 bits per heavy atom. The standard InChI is InChI=1S/C34H30N4O4S/c1-21-18-24(14-15-29(21)42-30-16-17-35-26-20-32(41-3)31(40-2)19-25(26)30)36-33(43)37-34(39)38-27-10-6-4-8-22(27)12-13-23-9-5-7-11-28(23)38/h4-11,14-20H,12-13H2,1-3H3,(H2,36,37,39,43). The van der Waals surface area contributed by atoms with Crippen LogP contribution < -0.4 is 29.7 Å². The number of hydrogen-bond acceptors (Lipinski definition) is 6. The van der Waals surface area contributed by atoms with Gasteiger partial charge in [-0.3, -0.25) is 15.2 Å². The Morgan fingerprint density at radius 2 is 1.47 bits per heavy atom. The van der Waals surface area contributed by atoms with E-state index in [9.17, 15) is 4.79 Å². The molecule has 9 heteroatoms. The van der Waals surface area contributed by atoms with Crippen molar-refractivity contribution in [3.05, 3.63) is 108 Å². The molecule has 0 fully saturated rings. The van der Waals surface area contributed by atoms with Gasteiger partial charge in [0.2, 0.25) is 0 Å². The third-order valence-electron chi connectivity index (χ3n) is 7.41. The van der Waals surface area contributed by atoms with Crippen LogP contribution in [0.15, 0.2) is 91.1 Å². The molecule has 1 aliphatic rings. The predicted molar refractivity (Wildman–Crippen MR) is 173 cm³/mol. The number of nitrogens with one attached hydrogen (secondary N) is 2. The first-order valence-electron chi connectivity index (χ1n) is 13.8. The van der Waals surface area contributed by atoms with Crippen molar-refractivity contribution in [1.82, 2.24) is 10.3 Å². The van der Waals surface area contributed by atoms with Crippen LogP contribution in [0.4, 0.5) is 21.9 Å². The molecule has 43 heavy (non-hydrogen) atoms. The molecule has 0 unspecified atom stereocenters. The van der Waals surface area contributed by atoms with Crippen LogP contribution in [0.5, 0.6) is 23.0 Å². The second-order valence-corrected chi connectivity index (χ2v) is 10.5. The van der Waals surface area contributed by atoms with Gasteiger partial charge < -0.3 is 19.5 Å². The summed E-state index contributed by atoms with van der Waals surface area (Å²) in [4.78, 5) is 19.8. The molecule has 0 spiro atoms. The predicted octanol–water partition coefficient (Wildman–Crippen LogP) is 7.70. The number of amides is 2. The van der Waals surface area contributed by atoms with Crippen molar-refractivity contribution in [2.24, 2.45) is 0 Å². The topological polar surface area (TPSA) is 85.0 Å². The zero-order chi connectivity index (χ0) is 29.9.